The molecule has 0 unspecified atom stereocenters. The van der Waals surface area contributed by atoms with Crippen LogP contribution in [0, 0.1) is 6.92 Å². The fourth-order valence-electron chi connectivity index (χ4n) is 3.49. The van der Waals surface area contributed by atoms with Gasteiger partial charge in [0, 0.05) is 43.1 Å². The number of likely N-dealkylation sites (tertiary alicyclic amines) is 1. The van der Waals surface area contributed by atoms with Crippen LogP contribution >= 0.6 is 11.3 Å². The van der Waals surface area contributed by atoms with E-state index in [9.17, 15) is 4.79 Å². The summed E-state index contributed by atoms with van der Waals surface area (Å²) in [6.45, 7) is 3.51. The zero-order chi connectivity index (χ0) is 19.7. The van der Waals surface area contributed by atoms with E-state index in [2.05, 4.69) is 39.3 Å². The molecule has 0 saturated carbocycles. The van der Waals surface area contributed by atoms with Crippen LogP contribution in [0.4, 0.5) is 10.6 Å². The number of rotatable bonds is 3. The number of aromatic nitrogens is 3. The molecule has 2 amide bonds. The molecule has 0 atom stereocenters. The Kier molecular flexibility index (Phi) is 5.23. The Labute approximate surface area is 168 Å². The maximum Gasteiger partial charge on any atom is 0.323 e. The lowest BCUT2D eigenvalue weighted by molar-refractivity contribution is 0.156. The van der Waals surface area contributed by atoms with Crippen molar-refractivity contribution < 1.29 is 4.79 Å². The highest BCUT2D eigenvalue weighted by atomic mass is 32.1. The number of urea groups is 1. The van der Waals surface area contributed by atoms with Gasteiger partial charge in [0.05, 0.1) is 15.6 Å². The molecule has 8 heteroatoms. The fraction of sp³-hybridized carbons (Fsp3) is 0.400. The molecule has 146 valence electrons. The van der Waals surface area contributed by atoms with Crippen LogP contribution in [0.5, 0.6) is 0 Å². The summed E-state index contributed by atoms with van der Waals surface area (Å²) in [5, 5.41) is 5.89. The number of nitrogens with one attached hydrogen (secondary N) is 1. The molecule has 1 aliphatic heterocycles. The number of nitrogens with zero attached hydrogens (tertiary/aromatic N) is 5. The second-order valence-corrected chi connectivity index (χ2v) is 8.58. The molecular weight excluding hydrogens is 372 g/mol. The molecule has 1 fully saturated rings. The third-order valence-corrected chi connectivity index (χ3v) is 6.13. The molecule has 4 rings (SSSR count). The summed E-state index contributed by atoms with van der Waals surface area (Å²) in [5.41, 5.74) is 0.882. The first-order valence-electron chi connectivity index (χ1n) is 9.40. The van der Waals surface area contributed by atoms with Gasteiger partial charge in [0.25, 0.3) is 0 Å². The van der Waals surface area contributed by atoms with Crippen LogP contribution in [0.2, 0.25) is 0 Å². The standard InChI is InChI=1S/C20H24N6OS/c1-13-21-12-18(28-13)17-8-14-9-19(23-11-15(14)10-22-17)24-20(27)26-6-4-16(5-7-26)25(2)3/h8-12,16H,4-7H2,1-3H3,(H,23,24,27). The summed E-state index contributed by atoms with van der Waals surface area (Å²) in [7, 11) is 4.19. The summed E-state index contributed by atoms with van der Waals surface area (Å²) in [5.74, 6) is 0.560. The molecule has 1 aliphatic rings. The van der Waals surface area contributed by atoms with E-state index in [0.29, 0.717) is 11.9 Å². The van der Waals surface area contributed by atoms with Crippen molar-refractivity contribution in [3.8, 4) is 10.6 Å². The van der Waals surface area contributed by atoms with Gasteiger partial charge in [-0.05, 0) is 51.4 Å². The molecule has 0 aromatic carbocycles. The maximum atomic E-state index is 12.6. The van der Waals surface area contributed by atoms with Crippen LogP contribution in [-0.2, 0) is 0 Å². The quantitative estimate of drug-likeness (QED) is 0.732. The van der Waals surface area contributed by atoms with Gasteiger partial charge in [-0.3, -0.25) is 10.3 Å². The first-order valence-corrected chi connectivity index (χ1v) is 10.2. The number of fused-ring (bicyclic) bond motifs is 1. The predicted molar refractivity (Wildman–Crippen MR) is 113 cm³/mol. The summed E-state index contributed by atoms with van der Waals surface area (Å²) >= 11 is 1.62. The van der Waals surface area contributed by atoms with Gasteiger partial charge < -0.3 is 9.80 Å². The number of carbonyl (C=O) groups excluding carboxylic acids is 1. The molecule has 0 aliphatic carbocycles. The van der Waals surface area contributed by atoms with Gasteiger partial charge in [-0.1, -0.05) is 0 Å². The molecule has 0 radical (unpaired) electrons. The Morgan fingerprint density at radius 3 is 2.54 bits per heavy atom. The second-order valence-electron chi connectivity index (χ2n) is 7.34. The normalized spacial score (nSPS) is 15.4. The number of piperidine rings is 1. The maximum absolute atomic E-state index is 12.6. The van der Waals surface area contributed by atoms with E-state index in [1.807, 2.05) is 36.4 Å². The van der Waals surface area contributed by atoms with E-state index >= 15 is 0 Å². The average molecular weight is 397 g/mol. The second kappa shape index (κ2) is 7.81. The molecule has 1 saturated heterocycles. The lowest BCUT2D eigenvalue weighted by Gasteiger charge is -2.35. The SMILES string of the molecule is Cc1ncc(-c2cc3cc(NC(=O)N4CCC(N(C)C)CC4)ncc3cn2)s1. The van der Waals surface area contributed by atoms with E-state index in [4.69, 9.17) is 0 Å². The highest BCUT2D eigenvalue weighted by Crippen LogP contribution is 2.27. The molecule has 0 bridgehead atoms. The topological polar surface area (TPSA) is 74.2 Å². The molecule has 1 N–H and O–H groups in total. The van der Waals surface area contributed by atoms with Crippen molar-refractivity contribution in [2.24, 2.45) is 0 Å². The Morgan fingerprint density at radius 2 is 1.86 bits per heavy atom. The minimum atomic E-state index is -0.0867. The molecule has 3 aromatic heterocycles. The highest BCUT2D eigenvalue weighted by Gasteiger charge is 2.24. The number of anilines is 1. The zero-order valence-electron chi connectivity index (χ0n) is 16.3. The van der Waals surface area contributed by atoms with Gasteiger partial charge in [0.2, 0.25) is 0 Å². The van der Waals surface area contributed by atoms with E-state index in [1.54, 1.807) is 17.5 Å². The molecular formula is C20H24N6OS. The van der Waals surface area contributed by atoms with E-state index in [1.165, 1.54) is 0 Å². The van der Waals surface area contributed by atoms with Crippen molar-refractivity contribution in [3.05, 3.63) is 35.7 Å². The van der Waals surface area contributed by atoms with Crippen LogP contribution < -0.4 is 5.32 Å². The smallest absolute Gasteiger partial charge is 0.323 e. The number of carbonyl (C=O) groups is 1. The molecule has 0 spiro atoms. The van der Waals surface area contributed by atoms with Crippen LogP contribution in [-0.4, -0.2) is 64.0 Å². The van der Waals surface area contributed by atoms with Crippen molar-refractivity contribution in [2.45, 2.75) is 25.8 Å². The third kappa shape index (κ3) is 3.98. The molecule has 7 nitrogen and oxygen atoms in total. The monoisotopic (exact) mass is 396 g/mol. The number of pyridine rings is 2. The van der Waals surface area contributed by atoms with Crippen LogP contribution in [0.1, 0.15) is 17.8 Å². The minimum Gasteiger partial charge on any atom is -0.324 e. The van der Waals surface area contributed by atoms with Crippen LogP contribution in [0.3, 0.4) is 0 Å². The third-order valence-electron chi connectivity index (χ3n) is 5.19. The van der Waals surface area contributed by atoms with Gasteiger partial charge in [-0.2, -0.15) is 0 Å². The molecule has 28 heavy (non-hydrogen) atoms. The Hall–Kier alpha value is -2.58. The number of aryl methyl sites for hydroxylation is 1. The van der Waals surface area contributed by atoms with Crippen molar-refractivity contribution in [2.75, 3.05) is 32.5 Å². The van der Waals surface area contributed by atoms with Gasteiger partial charge >= 0.3 is 6.03 Å². The number of hydrogen-bond acceptors (Lipinski definition) is 6. The lowest BCUT2D eigenvalue weighted by Crippen LogP contribution is -2.46. The van der Waals surface area contributed by atoms with Crippen molar-refractivity contribution in [3.63, 3.8) is 0 Å². The highest BCUT2D eigenvalue weighted by molar-refractivity contribution is 7.15. The molecule has 4 heterocycles. The summed E-state index contributed by atoms with van der Waals surface area (Å²) in [4.78, 5) is 30.9. The number of amides is 2. The van der Waals surface area contributed by atoms with Crippen LogP contribution in [0.15, 0.2) is 30.7 Å². The van der Waals surface area contributed by atoms with Crippen LogP contribution in [0.25, 0.3) is 21.3 Å². The largest absolute Gasteiger partial charge is 0.324 e. The van der Waals surface area contributed by atoms with E-state index in [-0.39, 0.29) is 6.03 Å². The van der Waals surface area contributed by atoms with Crippen molar-refractivity contribution in [1.29, 1.82) is 0 Å². The first kappa shape index (κ1) is 18.8. The van der Waals surface area contributed by atoms with Gasteiger partial charge in [-0.15, -0.1) is 11.3 Å². The average Bonchev–Trinajstić information content (AvgIpc) is 3.14. The van der Waals surface area contributed by atoms with Gasteiger partial charge in [0.1, 0.15) is 5.82 Å². The summed E-state index contributed by atoms with van der Waals surface area (Å²) in [6, 6.07) is 4.38. The van der Waals surface area contributed by atoms with Crippen molar-refractivity contribution >= 4 is 34.0 Å². The van der Waals surface area contributed by atoms with E-state index in [0.717, 1.165) is 52.3 Å². The first-order chi connectivity index (χ1) is 13.5. The van der Waals surface area contributed by atoms with Gasteiger partial charge in [-0.25, -0.2) is 14.8 Å². The zero-order valence-corrected chi connectivity index (χ0v) is 17.2. The summed E-state index contributed by atoms with van der Waals surface area (Å²) in [6.07, 6.45) is 7.39. The Bertz CT molecular complexity index is 993. The number of thiazole rings is 1. The van der Waals surface area contributed by atoms with E-state index < -0.39 is 0 Å². The number of hydrogen-bond donors (Lipinski definition) is 1. The Morgan fingerprint density at radius 1 is 1.11 bits per heavy atom. The predicted octanol–water partition coefficient (Wildman–Crippen LogP) is 3.62. The minimum absolute atomic E-state index is 0.0867. The van der Waals surface area contributed by atoms with Gasteiger partial charge in [0.15, 0.2) is 0 Å². The fourth-order valence-corrected chi connectivity index (χ4v) is 4.24. The molecule has 3 aromatic rings. The summed E-state index contributed by atoms with van der Waals surface area (Å²) < 4.78 is 0. The van der Waals surface area contributed by atoms with Crippen molar-refractivity contribution in [1.82, 2.24) is 24.8 Å². The lowest BCUT2D eigenvalue weighted by atomic mass is 10.0. The Balaban J connectivity index is 1.49.